The number of carbonyl (C=O) groups is 2. The number of halogens is 1. The number of nitrogens with one attached hydrogen (secondary N) is 2. The number of thioether (sulfide) groups is 1. The van der Waals surface area contributed by atoms with Crippen molar-refractivity contribution in [3.05, 3.63) is 69.7 Å². The van der Waals surface area contributed by atoms with Gasteiger partial charge in [0.25, 0.3) is 5.91 Å². The molecular formula is C21H18ClN3O2S2. The monoisotopic (exact) mass is 443 g/mol. The Kier molecular flexibility index (Phi) is 5.89. The third-order valence-corrected chi connectivity index (χ3v) is 6.72. The van der Waals surface area contributed by atoms with Gasteiger partial charge in [0, 0.05) is 26.0 Å². The summed E-state index contributed by atoms with van der Waals surface area (Å²) in [5.41, 5.74) is 2.05. The first-order valence-electron chi connectivity index (χ1n) is 9.05. The molecule has 5 nitrogen and oxygen atoms in total. The van der Waals surface area contributed by atoms with Crippen molar-refractivity contribution < 1.29 is 9.59 Å². The molecule has 0 fully saturated rings. The van der Waals surface area contributed by atoms with Crippen LogP contribution in [-0.4, -0.2) is 23.1 Å². The number of hydrogen-bond acceptors (Lipinski definition) is 5. The van der Waals surface area contributed by atoms with Crippen LogP contribution in [-0.2, 0) is 11.2 Å². The van der Waals surface area contributed by atoms with Crippen molar-refractivity contribution in [2.24, 2.45) is 0 Å². The molecular weight excluding hydrogens is 426 g/mol. The van der Waals surface area contributed by atoms with Crippen LogP contribution in [0.15, 0.2) is 53.4 Å². The third kappa shape index (κ3) is 4.47. The minimum atomic E-state index is -0.305. The lowest BCUT2D eigenvalue weighted by Crippen LogP contribution is -2.20. The van der Waals surface area contributed by atoms with Crippen molar-refractivity contribution in [1.82, 2.24) is 4.98 Å². The van der Waals surface area contributed by atoms with Gasteiger partial charge in [-0.25, -0.2) is 4.98 Å². The Labute approximate surface area is 181 Å². The van der Waals surface area contributed by atoms with Crippen molar-refractivity contribution in [2.45, 2.75) is 23.7 Å². The number of rotatable bonds is 5. The number of nitrogens with zero attached hydrogens (tertiary/aromatic N) is 1. The quantitative estimate of drug-likeness (QED) is 0.515. The second-order valence-corrected chi connectivity index (χ2v) is 9.00. The first-order chi connectivity index (χ1) is 14.0. The number of fused-ring (bicyclic) bond motifs is 1. The fourth-order valence-corrected chi connectivity index (χ4v) is 4.86. The average Bonchev–Trinajstić information content (AvgIpc) is 3.28. The summed E-state index contributed by atoms with van der Waals surface area (Å²) >= 11 is 8.93. The number of aryl methyl sites for hydroxylation is 1. The van der Waals surface area contributed by atoms with Crippen molar-refractivity contribution in [1.29, 1.82) is 0 Å². The third-order valence-electron chi connectivity index (χ3n) is 4.70. The molecule has 1 aliphatic carbocycles. The molecule has 1 atom stereocenters. The molecule has 1 aromatic heterocycles. The highest BCUT2D eigenvalue weighted by Gasteiger charge is 2.33. The van der Waals surface area contributed by atoms with Gasteiger partial charge in [0.2, 0.25) is 5.91 Å². The molecule has 3 aromatic rings. The van der Waals surface area contributed by atoms with Crippen molar-refractivity contribution >= 4 is 57.3 Å². The summed E-state index contributed by atoms with van der Waals surface area (Å²) in [5.74, 6) is -0.618. The Hall–Kier alpha value is -2.35. The number of amides is 2. The first kappa shape index (κ1) is 19.9. The summed E-state index contributed by atoms with van der Waals surface area (Å²) in [5, 5.41) is 6.90. The molecule has 1 heterocycles. The molecule has 29 heavy (non-hydrogen) atoms. The van der Waals surface area contributed by atoms with Gasteiger partial charge in [-0.3, -0.25) is 14.9 Å². The summed E-state index contributed by atoms with van der Waals surface area (Å²) in [4.78, 5) is 31.9. The van der Waals surface area contributed by atoms with Crippen molar-refractivity contribution in [3.63, 3.8) is 0 Å². The molecule has 1 unspecified atom stereocenters. The van der Waals surface area contributed by atoms with E-state index in [1.807, 2.05) is 30.5 Å². The van der Waals surface area contributed by atoms with Gasteiger partial charge in [-0.2, -0.15) is 0 Å². The SMILES string of the molecule is CSc1cccc(NC(=O)C2CCc3sc(NC(=O)c4ccc(Cl)cc4)nc32)c1. The van der Waals surface area contributed by atoms with Gasteiger partial charge in [0.05, 0.1) is 11.6 Å². The Balaban J connectivity index is 1.46. The minimum Gasteiger partial charge on any atom is -0.325 e. The van der Waals surface area contributed by atoms with Crippen molar-refractivity contribution in [3.8, 4) is 0 Å². The van der Waals surface area contributed by atoms with Crippen LogP contribution in [0.4, 0.5) is 10.8 Å². The molecule has 1 aliphatic rings. The lowest BCUT2D eigenvalue weighted by atomic mass is 10.1. The van der Waals surface area contributed by atoms with E-state index in [9.17, 15) is 9.59 Å². The molecule has 2 N–H and O–H groups in total. The van der Waals surface area contributed by atoms with Crippen LogP contribution in [0.5, 0.6) is 0 Å². The van der Waals surface area contributed by atoms with Gasteiger partial charge in [-0.15, -0.1) is 23.1 Å². The number of anilines is 2. The number of aromatic nitrogens is 1. The van der Waals surface area contributed by atoms with E-state index in [1.54, 1.807) is 36.0 Å². The van der Waals surface area contributed by atoms with E-state index in [-0.39, 0.29) is 17.7 Å². The predicted octanol–water partition coefficient (Wildman–Crippen LogP) is 5.44. The fraction of sp³-hybridized carbons (Fsp3) is 0.190. The van der Waals surface area contributed by atoms with Crippen LogP contribution in [0.3, 0.4) is 0 Å². The van der Waals surface area contributed by atoms with Gasteiger partial charge in [0.15, 0.2) is 5.13 Å². The summed E-state index contributed by atoms with van der Waals surface area (Å²) in [6.07, 6.45) is 3.51. The highest BCUT2D eigenvalue weighted by Crippen LogP contribution is 2.39. The number of hydrogen-bond donors (Lipinski definition) is 2. The maximum absolute atomic E-state index is 12.8. The van der Waals surface area contributed by atoms with Crippen molar-refractivity contribution in [2.75, 3.05) is 16.9 Å². The average molecular weight is 444 g/mol. The zero-order chi connectivity index (χ0) is 20.4. The molecule has 8 heteroatoms. The minimum absolute atomic E-state index is 0.0668. The van der Waals surface area contributed by atoms with E-state index in [0.717, 1.165) is 34.0 Å². The number of carbonyl (C=O) groups excluding carboxylic acids is 2. The Bertz CT molecular complexity index is 1070. The van der Waals surface area contributed by atoms with E-state index >= 15 is 0 Å². The number of thiazole rings is 1. The Morgan fingerprint density at radius 2 is 1.97 bits per heavy atom. The molecule has 148 valence electrons. The lowest BCUT2D eigenvalue weighted by Gasteiger charge is -2.11. The summed E-state index contributed by atoms with van der Waals surface area (Å²) in [7, 11) is 0. The fourth-order valence-electron chi connectivity index (χ4n) is 3.24. The molecule has 4 rings (SSSR count). The van der Waals surface area contributed by atoms with E-state index < -0.39 is 0 Å². The van der Waals surface area contributed by atoms with Gasteiger partial charge in [-0.05, 0) is 61.6 Å². The highest BCUT2D eigenvalue weighted by atomic mass is 35.5. The van der Waals surface area contributed by atoms with Gasteiger partial charge in [-0.1, -0.05) is 17.7 Å². The van der Waals surface area contributed by atoms with E-state index in [4.69, 9.17) is 11.6 Å². The molecule has 0 saturated heterocycles. The summed E-state index contributed by atoms with van der Waals surface area (Å²) in [6, 6.07) is 14.4. The number of benzene rings is 2. The summed E-state index contributed by atoms with van der Waals surface area (Å²) < 4.78 is 0. The summed E-state index contributed by atoms with van der Waals surface area (Å²) in [6.45, 7) is 0. The van der Waals surface area contributed by atoms with Gasteiger partial charge in [0.1, 0.15) is 0 Å². The maximum Gasteiger partial charge on any atom is 0.257 e. The van der Waals surface area contributed by atoms with E-state index in [1.165, 1.54) is 11.3 Å². The highest BCUT2D eigenvalue weighted by molar-refractivity contribution is 7.98. The maximum atomic E-state index is 12.8. The molecule has 0 saturated carbocycles. The first-order valence-corrected chi connectivity index (χ1v) is 11.5. The lowest BCUT2D eigenvalue weighted by molar-refractivity contribution is -0.117. The second-order valence-electron chi connectivity index (χ2n) is 6.60. The van der Waals surface area contributed by atoms with E-state index in [2.05, 4.69) is 15.6 Å². The van der Waals surface area contributed by atoms with Crippen LogP contribution >= 0.6 is 34.7 Å². The zero-order valence-electron chi connectivity index (χ0n) is 15.6. The Morgan fingerprint density at radius 3 is 2.72 bits per heavy atom. The van der Waals surface area contributed by atoms with Crippen LogP contribution in [0.1, 0.15) is 33.3 Å². The molecule has 0 aliphatic heterocycles. The second kappa shape index (κ2) is 8.57. The zero-order valence-corrected chi connectivity index (χ0v) is 18.0. The van der Waals surface area contributed by atoms with E-state index in [0.29, 0.717) is 15.7 Å². The van der Waals surface area contributed by atoms with Gasteiger partial charge >= 0.3 is 0 Å². The Morgan fingerprint density at radius 1 is 1.17 bits per heavy atom. The normalized spacial score (nSPS) is 15.0. The standard InChI is InChI=1S/C21H18ClN3O2S2/c1-28-15-4-2-3-14(11-15)23-20(27)16-9-10-17-18(16)24-21(29-17)25-19(26)12-5-7-13(22)8-6-12/h2-8,11,16H,9-10H2,1H3,(H,23,27)(H,24,25,26). The molecule has 0 bridgehead atoms. The van der Waals surface area contributed by atoms with Crippen LogP contribution < -0.4 is 10.6 Å². The van der Waals surface area contributed by atoms with Crippen LogP contribution in [0, 0.1) is 0 Å². The van der Waals surface area contributed by atoms with Crippen LogP contribution in [0.25, 0.3) is 0 Å². The molecule has 2 amide bonds. The largest absolute Gasteiger partial charge is 0.325 e. The van der Waals surface area contributed by atoms with Gasteiger partial charge < -0.3 is 5.32 Å². The molecule has 0 radical (unpaired) electrons. The topological polar surface area (TPSA) is 71.1 Å². The van der Waals surface area contributed by atoms with Crippen LogP contribution in [0.2, 0.25) is 5.02 Å². The predicted molar refractivity (Wildman–Crippen MR) is 119 cm³/mol. The smallest absolute Gasteiger partial charge is 0.257 e. The molecule has 0 spiro atoms. The molecule has 2 aromatic carbocycles.